The molecule has 29 heavy (non-hydrogen) atoms. The molecule has 0 N–H and O–H groups in total. The van der Waals surface area contributed by atoms with Crippen LogP contribution in [0.1, 0.15) is 18.4 Å². The molecule has 1 aromatic carbocycles. The quantitative estimate of drug-likeness (QED) is 0.645. The number of aromatic nitrogens is 2. The minimum absolute atomic E-state index is 0.0602. The largest absolute Gasteiger partial charge is 0.342 e. The molecule has 3 aromatic rings. The third-order valence-corrected chi connectivity index (χ3v) is 6.20. The Labute approximate surface area is 172 Å². The molecule has 1 amide bonds. The van der Waals surface area contributed by atoms with Crippen molar-refractivity contribution < 1.29 is 9.18 Å². The van der Waals surface area contributed by atoms with Crippen molar-refractivity contribution in [3.63, 3.8) is 0 Å². The predicted octanol–water partition coefficient (Wildman–Crippen LogP) is 3.59. The lowest BCUT2D eigenvalue weighted by molar-refractivity contribution is -0.131. The molecule has 0 saturated carbocycles. The summed E-state index contributed by atoms with van der Waals surface area (Å²) in [6.45, 7) is 1.91. The Bertz CT molecular complexity index is 1020. The molecule has 4 rings (SSSR count). The van der Waals surface area contributed by atoms with Crippen LogP contribution in [0.5, 0.6) is 0 Å². The van der Waals surface area contributed by atoms with Crippen molar-refractivity contribution >= 4 is 17.2 Å². The van der Waals surface area contributed by atoms with Gasteiger partial charge in [0, 0.05) is 25.7 Å². The van der Waals surface area contributed by atoms with Crippen molar-refractivity contribution in [1.82, 2.24) is 14.7 Å². The third kappa shape index (κ3) is 4.79. The van der Waals surface area contributed by atoms with Crippen molar-refractivity contribution in [2.45, 2.75) is 25.8 Å². The molecule has 0 aliphatic carbocycles. The van der Waals surface area contributed by atoms with Gasteiger partial charge in [-0.1, -0.05) is 18.2 Å². The van der Waals surface area contributed by atoms with Gasteiger partial charge in [-0.25, -0.2) is 9.07 Å². The van der Waals surface area contributed by atoms with Crippen LogP contribution in [-0.4, -0.2) is 33.7 Å². The van der Waals surface area contributed by atoms with E-state index in [2.05, 4.69) is 5.10 Å². The minimum Gasteiger partial charge on any atom is -0.342 e. The van der Waals surface area contributed by atoms with Gasteiger partial charge in [0.15, 0.2) is 0 Å². The van der Waals surface area contributed by atoms with Crippen molar-refractivity contribution in [3.8, 4) is 10.6 Å². The average Bonchev–Trinajstić information content (AvgIpc) is 3.27. The Morgan fingerprint density at radius 2 is 1.86 bits per heavy atom. The van der Waals surface area contributed by atoms with Gasteiger partial charge < -0.3 is 4.90 Å². The predicted molar refractivity (Wildman–Crippen MR) is 111 cm³/mol. The van der Waals surface area contributed by atoms with Gasteiger partial charge in [0.1, 0.15) is 11.5 Å². The normalized spacial score (nSPS) is 14.9. The van der Waals surface area contributed by atoms with Crippen molar-refractivity contribution in [1.29, 1.82) is 0 Å². The van der Waals surface area contributed by atoms with Gasteiger partial charge >= 0.3 is 0 Å². The molecule has 0 bridgehead atoms. The van der Waals surface area contributed by atoms with Crippen LogP contribution in [0.15, 0.2) is 58.7 Å². The molecule has 0 atom stereocenters. The van der Waals surface area contributed by atoms with Crippen LogP contribution in [0.3, 0.4) is 0 Å². The Morgan fingerprint density at radius 1 is 1.10 bits per heavy atom. The molecule has 0 radical (unpaired) electrons. The molecule has 2 aromatic heterocycles. The monoisotopic (exact) mass is 411 g/mol. The van der Waals surface area contributed by atoms with E-state index >= 15 is 0 Å². The van der Waals surface area contributed by atoms with E-state index in [4.69, 9.17) is 0 Å². The highest BCUT2D eigenvalue weighted by Crippen LogP contribution is 2.23. The zero-order valence-electron chi connectivity index (χ0n) is 16.0. The van der Waals surface area contributed by atoms with E-state index in [1.807, 2.05) is 22.4 Å². The number of hydrogen-bond acceptors (Lipinski definition) is 4. The van der Waals surface area contributed by atoms with E-state index in [-0.39, 0.29) is 23.7 Å². The van der Waals surface area contributed by atoms with E-state index in [0.717, 1.165) is 29.0 Å². The van der Waals surface area contributed by atoms with Gasteiger partial charge in [-0.2, -0.15) is 5.10 Å². The Kier molecular flexibility index (Phi) is 5.85. The minimum atomic E-state index is -0.297. The Morgan fingerprint density at radius 3 is 2.55 bits per heavy atom. The fraction of sp³-hybridized carbons (Fsp3) is 0.318. The van der Waals surface area contributed by atoms with E-state index in [0.29, 0.717) is 25.6 Å². The molecular weight excluding hydrogens is 389 g/mol. The maximum atomic E-state index is 13.0. The maximum Gasteiger partial charge on any atom is 0.266 e. The molecule has 0 spiro atoms. The van der Waals surface area contributed by atoms with Gasteiger partial charge in [0.2, 0.25) is 5.91 Å². The standard InChI is InChI=1S/C22H22FN3O2S/c23-18-5-3-16(4-6-18)14-22(28)25-11-9-17(10-12-25)15-26-21(27)8-7-19(24-26)20-2-1-13-29-20/h1-8,13,17H,9-12,14-15H2. The van der Waals surface area contributed by atoms with Crippen LogP contribution < -0.4 is 5.56 Å². The number of piperidine rings is 1. The number of benzene rings is 1. The second kappa shape index (κ2) is 8.69. The SMILES string of the molecule is O=C(Cc1ccc(F)cc1)N1CCC(Cn2nc(-c3cccs3)ccc2=O)CC1. The van der Waals surface area contributed by atoms with E-state index < -0.39 is 0 Å². The summed E-state index contributed by atoms with van der Waals surface area (Å²) in [5, 5.41) is 6.52. The van der Waals surface area contributed by atoms with Gasteiger partial charge in [-0.15, -0.1) is 11.3 Å². The first-order valence-electron chi connectivity index (χ1n) is 9.73. The number of amides is 1. The smallest absolute Gasteiger partial charge is 0.266 e. The van der Waals surface area contributed by atoms with E-state index in [1.54, 1.807) is 40.3 Å². The van der Waals surface area contributed by atoms with Crippen LogP contribution >= 0.6 is 11.3 Å². The summed E-state index contributed by atoms with van der Waals surface area (Å²) in [6, 6.07) is 13.4. The van der Waals surface area contributed by atoms with Crippen LogP contribution in [-0.2, 0) is 17.8 Å². The number of carbonyl (C=O) groups excluding carboxylic acids is 1. The zero-order chi connectivity index (χ0) is 20.2. The fourth-order valence-electron chi connectivity index (χ4n) is 3.63. The summed E-state index contributed by atoms with van der Waals surface area (Å²) in [5.74, 6) is 0.0766. The molecule has 150 valence electrons. The van der Waals surface area contributed by atoms with Crippen LogP contribution in [0.2, 0.25) is 0 Å². The Hall–Kier alpha value is -2.80. The first-order valence-corrected chi connectivity index (χ1v) is 10.6. The van der Waals surface area contributed by atoms with Crippen LogP contribution in [0.25, 0.3) is 10.6 Å². The number of nitrogens with zero attached hydrogens (tertiary/aromatic N) is 3. The lowest BCUT2D eigenvalue weighted by Gasteiger charge is -2.32. The second-order valence-corrected chi connectivity index (χ2v) is 8.29. The first-order chi connectivity index (χ1) is 14.1. The number of hydrogen-bond donors (Lipinski definition) is 0. The Balaban J connectivity index is 1.34. The number of carbonyl (C=O) groups is 1. The number of thiophene rings is 1. The van der Waals surface area contributed by atoms with Gasteiger partial charge in [-0.3, -0.25) is 9.59 Å². The van der Waals surface area contributed by atoms with Crippen molar-refractivity contribution in [2.24, 2.45) is 5.92 Å². The highest BCUT2D eigenvalue weighted by atomic mass is 32.1. The summed E-state index contributed by atoms with van der Waals surface area (Å²) in [5.41, 5.74) is 1.53. The molecule has 1 aliphatic rings. The molecule has 0 unspecified atom stereocenters. The summed E-state index contributed by atoms with van der Waals surface area (Å²) in [7, 11) is 0. The maximum absolute atomic E-state index is 13.0. The molecular formula is C22H22FN3O2S. The van der Waals surface area contributed by atoms with Gasteiger partial charge in [0.25, 0.3) is 5.56 Å². The molecule has 3 heterocycles. The third-order valence-electron chi connectivity index (χ3n) is 5.31. The molecule has 5 nitrogen and oxygen atoms in total. The van der Waals surface area contributed by atoms with Crippen molar-refractivity contribution in [3.05, 3.63) is 75.6 Å². The van der Waals surface area contributed by atoms with E-state index in [9.17, 15) is 14.0 Å². The fourth-order valence-corrected chi connectivity index (χ4v) is 4.32. The lowest BCUT2D eigenvalue weighted by Crippen LogP contribution is -2.41. The van der Waals surface area contributed by atoms with Gasteiger partial charge in [0.05, 0.1) is 11.3 Å². The van der Waals surface area contributed by atoms with Crippen molar-refractivity contribution in [2.75, 3.05) is 13.1 Å². The second-order valence-electron chi connectivity index (χ2n) is 7.34. The van der Waals surface area contributed by atoms with Gasteiger partial charge in [-0.05, 0) is 54.0 Å². The summed E-state index contributed by atoms with van der Waals surface area (Å²) in [4.78, 5) is 27.6. The molecule has 7 heteroatoms. The molecule has 1 fully saturated rings. The summed E-state index contributed by atoms with van der Waals surface area (Å²) < 4.78 is 14.6. The van der Waals surface area contributed by atoms with Crippen LogP contribution in [0.4, 0.5) is 4.39 Å². The first kappa shape index (κ1) is 19.5. The number of rotatable bonds is 5. The highest BCUT2D eigenvalue weighted by molar-refractivity contribution is 7.13. The summed E-state index contributed by atoms with van der Waals surface area (Å²) >= 11 is 1.60. The average molecular weight is 412 g/mol. The number of halogens is 1. The van der Waals surface area contributed by atoms with Crippen LogP contribution in [0, 0.1) is 11.7 Å². The van der Waals surface area contributed by atoms with E-state index in [1.165, 1.54) is 12.1 Å². The lowest BCUT2D eigenvalue weighted by atomic mass is 9.96. The summed E-state index contributed by atoms with van der Waals surface area (Å²) in [6.07, 6.45) is 1.97. The highest BCUT2D eigenvalue weighted by Gasteiger charge is 2.23. The topological polar surface area (TPSA) is 55.2 Å². The molecule has 1 aliphatic heterocycles. The number of likely N-dealkylation sites (tertiary alicyclic amines) is 1. The zero-order valence-corrected chi connectivity index (χ0v) is 16.8. The molecule has 1 saturated heterocycles.